The van der Waals surface area contributed by atoms with E-state index in [4.69, 9.17) is 5.73 Å². The number of aromatic nitrogens is 1. The van der Waals surface area contributed by atoms with Gasteiger partial charge < -0.3 is 5.73 Å². The number of anilines is 1. The van der Waals surface area contributed by atoms with Crippen LogP contribution in [0.1, 0.15) is 28.5 Å². The number of thiazole rings is 1. The molecule has 0 aliphatic heterocycles. The highest BCUT2D eigenvalue weighted by Crippen LogP contribution is 2.39. The second-order valence-corrected chi connectivity index (χ2v) is 4.79. The first-order chi connectivity index (χ1) is 7.34. The molecule has 3 heteroatoms. The summed E-state index contributed by atoms with van der Waals surface area (Å²) >= 11 is 1.67. The van der Waals surface area contributed by atoms with Crippen molar-refractivity contribution in [3.63, 3.8) is 0 Å². The summed E-state index contributed by atoms with van der Waals surface area (Å²) in [5.74, 6) is 1.13. The SMILES string of the molecule is Nc1csc(C2CCc3ccccc32)n1. The molecule has 2 N–H and O–H groups in total. The number of rotatable bonds is 1. The molecule has 0 saturated carbocycles. The molecular weight excluding hydrogens is 204 g/mol. The summed E-state index contributed by atoms with van der Waals surface area (Å²) in [6, 6.07) is 8.64. The van der Waals surface area contributed by atoms with Gasteiger partial charge in [-0.15, -0.1) is 11.3 Å². The Hall–Kier alpha value is -1.35. The fraction of sp³-hybridized carbons (Fsp3) is 0.250. The van der Waals surface area contributed by atoms with Crippen LogP contribution >= 0.6 is 11.3 Å². The summed E-state index contributed by atoms with van der Waals surface area (Å²) in [4.78, 5) is 4.39. The number of nitrogens with two attached hydrogens (primary N) is 1. The summed E-state index contributed by atoms with van der Waals surface area (Å²) in [6.45, 7) is 0. The Bertz CT molecular complexity index is 490. The zero-order valence-electron chi connectivity index (χ0n) is 8.31. The average Bonchev–Trinajstić information content (AvgIpc) is 2.83. The third-order valence-corrected chi connectivity index (χ3v) is 3.95. The van der Waals surface area contributed by atoms with Crippen molar-refractivity contribution in [1.29, 1.82) is 0 Å². The van der Waals surface area contributed by atoms with Gasteiger partial charge in [0, 0.05) is 11.3 Å². The van der Waals surface area contributed by atoms with Gasteiger partial charge in [-0.05, 0) is 24.0 Å². The molecule has 15 heavy (non-hydrogen) atoms. The molecule has 76 valence electrons. The van der Waals surface area contributed by atoms with Crippen LogP contribution in [0.15, 0.2) is 29.6 Å². The smallest absolute Gasteiger partial charge is 0.134 e. The molecule has 2 nitrogen and oxygen atoms in total. The fourth-order valence-electron chi connectivity index (χ4n) is 2.27. The molecule has 1 atom stereocenters. The lowest BCUT2D eigenvalue weighted by Crippen LogP contribution is -1.95. The second-order valence-electron chi connectivity index (χ2n) is 3.90. The molecule has 3 rings (SSSR count). The molecular formula is C12H12N2S. The van der Waals surface area contributed by atoms with Gasteiger partial charge in [0.2, 0.25) is 0 Å². The number of aryl methyl sites for hydroxylation is 1. The molecule has 0 amide bonds. The Morgan fingerprint density at radius 1 is 1.33 bits per heavy atom. The van der Waals surface area contributed by atoms with E-state index >= 15 is 0 Å². The van der Waals surface area contributed by atoms with E-state index in [9.17, 15) is 0 Å². The lowest BCUT2D eigenvalue weighted by Gasteiger charge is -2.06. The second kappa shape index (κ2) is 3.35. The van der Waals surface area contributed by atoms with Crippen molar-refractivity contribution in [2.45, 2.75) is 18.8 Å². The van der Waals surface area contributed by atoms with Gasteiger partial charge in [-0.25, -0.2) is 4.98 Å². The van der Waals surface area contributed by atoms with Gasteiger partial charge in [0.15, 0.2) is 0 Å². The van der Waals surface area contributed by atoms with E-state index in [2.05, 4.69) is 29.2 Å². The van der Waals surface area contributed by atoms with Crippen LogP contribution in [0, 0.1) is 0 Å². The van der Waals surface area contributed by atoms with E-state index in [1.54, 1.807) is 11.3 Å². The van der Waals surface area contributed by atoms with Crippen molar-refractivity contribution in [2.75, 3.05) is 5.73 Å². The van der Waals surface area contributed by atoms with Crippen molar-refractivity contribution < 1.29 is 0 Å². The maximum absolute atomic E-state index is 5.67. The summed E-state index contributed by atoms with van der Waals surface area (Å²) in [5, 5.41) is 3.09. The summed E-state index contributed by atoms with van der Waals surface area (Å²) in [7, 11) is 0. The van der Waals surface area contributed by atoms with Crippen LogP contribution in [0.4, 0.5) is 5.82 Å². The zero-order valence-corrected chi connectivity index (χ0v) is 9.13. The third-order valence-electron chi connectivity index (χ3n) is 2.97. The van der Waals surface area contributed by atoms with Gasteiger partial charge in [0.1, 0.15) is 10.8 Å². The van der Waals surface area contributed by atoms with Crippen LogP contribution in [0.2, 0.25) is 0 Å². The maximum Gasteiger partial charge on any atom is 0.134 e. The quantitative estimate of drug-likeness (QED) is 0.796. The lowest BCUT2D eigenvalue weighted by atomic mass is 10.0. The number of hydrogen-bond donors (Lipinski definition) is 1. The van der Waals surface area contributed by atoms with Gasteiger partial charge >= 0.3 is 0 Å². The molecule has 2 aromatic rings. The first-order valence-electron chi connectivity index (χ1n) is 5.13. The number of benzene rings is 1. The van der Waals surface area contributed by atoms with Gasteiger partial charge in [0.25, 0.3) is 0 Å². The van der Waals surface area contributed by atoms with Crippen LogP contribution in [-0.2, 0) is 6.42 Å². The topological polar surface area (TPSA) is 38.9 Å². The first-order valence-corrected chi connectivity index (χ1v) is 6.01. The molecule has 0 fully saturated rings. The number of fused-ring (bicyclic) bond motifs is 1. The van der Waals surface area contributed by atoms with Gasteiger partial charge in [0.05, 0.1) is 0 Å². The number of hydrogen-bond acceptors (Lipinski definition) is 3. The molecule has 1 aromatic heterocycles. The van der Waals surface area contributed by atoms with E-state index in [-0.39, 0.29) is 0 Å². The molecule has 0 spiro atoms. The molecule has 0 radical (unpaired) electrons. The number of nitrogen functional groups attached to an aromatic ring is 1. The van der Waals surface area contributed by atoms with E-state index in [1.807, 2.05) is 5.38 Å². The Labute approximate surface area is 92.8 Å². The van der Waals surface area contributed by atoms with Crippen molar-refractivity contribution in [3.05, 3.63) is 45.8 Å². The Balaban J connectivity index is 2.04. The summed E-state index contributed by atoms with van der Waals surface area (Å²) in [5.41, 5.74) is 8.57. The fourth-order valence-corrected chi connectivity index (χ4v) is 3.14. The third kappa shape index (κ3) is 1.43. The van der Waals surface area contributed by atoms with E-state index in [0.29, 0.717) is 11.7 Å². The predicted molar refractivity (Wildman–Crippen MR) is 63.1 cm³/mol. The maximum atomic E-state index is 5.67. The van der Waals surface area contributed by atoms with Crippen LogP contribution < -0.4 is 5.73 Å². The van der Waals surface area contributed by atoms with Gasteiger partial charge in [-0.1, -0.05) is 24.3 Å². The summed E-state index contributed by atoms with van der Waals surface area (Å²) in [6.07, 6.45) is 2.34. The predicted octanol–water partition coefficient (Wildman–Crippen LogP) is 2.80. The molecule has 1 aliphatic carbocycles. The molecule has 1 heterocycles. The van der Waals surface area contributed by atoms with Gasteiger partial charge in [-0.2, -0.15) is 0 Å². The molecule has 0 saturated heterocycles. The first kappa shape index (κ1) is 8.92. The number of nitrogens with zero attached hydrogens (tertiary/aromatic N) is 1. The minimum Gasteiger partial charge on any atom is -0.383 e. The Morgan fingerprint density at radius 2 is 2.20 bits per heavy atom. The van der Waals surface area contributed by atoms with Crippen molar-refractivity contribution in [1.82, 2.24) is 4.98 Å². The molecule has 1 aromatic carbocycles. The van der Waals surface area contributed by atoms with Crippen LogP contribution in [0.3, 0.4) is 0 Å². The summed E-state index contributed by atoms with van der Waals surface area (Å²) < 4.78 is 0. The molecule has 1 unspecified atom stereocenters. The van der Waals surface area contributed by atoms with Crippen LogP contribution in [0.5, 0.6) is 0 Å². The monoisotopic (exact) mass is 216 g/mol. The lowest BCUT2D eigenvalue weighted by molar-refractivity contribution is 0.781. The standard InChI is InChI=1S/C12H12N2S/c13-11-7-15-12(14-11)10-6-5-8-3-1-2-4-9(8)10/h1-4,7,10H,5-6,13H2. The highest BCUT2D eigenvalue weighted by atomic mass is 32.1. The van der Waals surface area contributed by atoms with E-state index in [0.717, 1.165) is 5.01 Å². The highest BCUT2D eigenvalue weighted by molar-refractivity contribution is 7.10. The largest absolute Gasteiger partial charge is 0.383 e. The van der Waals surface area contributed by atoms with Crippen LogP contribution in [0.25, 0.3) is 0 Å². The molecule has 1 aliphatic rings. The average molecular weight is 216 g/mol. The molecule has 0 bridgehead atoms. The van der Waals surface area contributed by atoms with Crippen molar-refractivity contribution >= 4 is 17.2 Å². The minimum absolute atomic E-state index is 0.475. The van der Waals surface area contributed by atoms with E-state index in [1.165, 1.54) is 24.0 Å². The van der Waals surface area contributed by atoms with Gasteiger partial charge in [-0.3, -0.25) is 0 Å². The van der Waals surface area contributed by atoms with E-state index < -0.39 is 0 Å². The Kier molecular flexibility index (Phi) is 1.99. The highest BCUT2D eigenvalue weighted by Gasteiger charge is 2.25. The normalized spacial score (nSPS) is 19.1. The zero-order chi connectivity index (χ0) is 10.3. The van der Waals surface area contributed by atoms with Crippen molar-refractivity contribution in [3.8, 4) is 0 Å². The Morgan fingerprint density at radius 3 is 3.00 bits per heavy atom. The minimum atomic E-state index is 0.475. The van der Waals surface area contributed by atoms with Crippen LogP contribution in [-0.4, -0.2) is 4.98 Å². The van der Waals surface area contributed by atoms with Crippen molar-refractivity contribution in [2.24, 2.45) is 0 Å².